The van der Waals surface area contributed by atoms with E-state index in [1.165, 1.54) is 0 Å². The van der Waals surface area contributed by atoms with Crippen molar-refractivity contribution in [2.75, 3.05) is 0 Å². The van der Waals surface area contributed by atoms with Crippen LogP contribution < -0.4 is 0 Å². The number of hydrogen-bond acceptors (Lipinski definition) is 1. The van der Waals surface area contributed by atoms with Crippen molar-refractivity contribution in [2.45, 2.75) is 20.5 Å². The van der Waals surface area contributed by atoms with E-state index in [1.807, 2.05) is 19.9 Å². The summed E-state index contributed by atoms with van der Waals surface area (Å²) in [6.07, 6.45) is 1.68. The molecule has 1 aromatic heterocycles. The van der Waals surface area contributed by atoms with Gasteiger partial charge in [-0.2, -0.15) is 0 Å². The summed E-state index contributed by atoms with van der Waals surface area (Å²) in [5.41, 5.74) is 2.56. The molecule has 1 heterocycles. The monoisotopic (exact) mass is 139 g/mol. The lowest BCUT2D eigenvalue weighted by Gasteiger charge is -1.99. The largest absolute Gasteiger partial charge is 0.258 e. The molecular weight excluding hydrogens is 129 g/mol. The quantitative estimate of drug-likeness (QED) is 0.581. The Hall–Kier alpha value is -0.920. The molecule has 0 N–H and O–H groups in total. The predicted octanol–water partition coefficient (Wildman–Crippen LogP) is 2.17. The number of alkyl halides is 1. The molecule has 0 aliphatic rings. The normalized spacial score (nSPS) is 9.90. The molecule has 0 aliphatic heterocycles. The van der Waals surface area contributed by atoms with Crippen LogP contribution in [0.1, 0.15) is 16.8 Å². The molecule has 0 radical (unpaired) electrons. The van der Waals surface area contributed by atoms with Crippen LogP contribution >= 0.6 is 0 Å². The molecule has 0 atom stereocenters. The van der Waals surface area contributed by atoms with Gasteiger partial charge in [-0.25, -0.2) is 4.39 Å². The highest BCUT2D eigenvalue weighted by Gasteiger charge is 1.97. The Balaban J connectivity index is 3.07. The summed E-state index contributed by atoms with van der Waals surface area (Å²) in [7, 11) is 0. The van der Waals surface area contributed by atoms with Gasteiger partial charge in [-0.15, -0.1) is 0 Å². The Bertz CT molecular complexity index is 233. The van der Waals surface area contributed by atoms with Gasteiger partial charge in [0.1, 0.15) is 6.67 Å². The average Bonchev–Trinajstić information content (AvgIpc) is 1.88. The van der Waals surface area contributed by atoms with Crippen molar-refractivity contribution in [3.8, 4) is 0 Å². The summed E-state index contributed by atoms with van der Waals surface area (Å²) in [6, 6.07) is 1.93. The molecule has 1 nitrogen and oxygen atoms in total. The Morgan fingerprint density at radius 1 is 1.50 bits per heavy atom. The standard InChI is InChI=1S/C8H10FN/c1-6-3-7(2)8(4-9)10-5-6/h3,5H,4H2,1-2H3. The highest BCUT2D eigenvalue weighted by atomic mass is 19.1. The first-order valence-corrected chi connectivity index (χ1v) is 3.22. The van der Waals surface area contributed by atoms with Gasteiger partial charge in [-0.05, 0) is 25.0 Å². The maximum atomic E-state index is 12.1. The Labute approximate surface area is 59.9 Å². The van der Waals surface area contributed by atoms with Crippen molar-refractivity contribution in [1.29, 1.82) is 0 Å². The molecule has 2 heteroatoms. The smallest absolute Gasteiger partial charge is 0.132 e. The van der Waals surface area contributed by atoms with Gasteiger partial charge >= 0.3 is 0 Å². The molecule has 1 rings (SSSR count). The Morgan fingerprint density at radius 3 is 2.70 bits per heavy atom. The zero-order chi connectivity index (χ0) is 7.56. The van der Waals surface area contributed by atoms with Gasteiger partial charge in [-0.3, -0.25) is 4.98 Å². The van der Waals surface area contributed by atoms with E-state index < -0.39 is 6.67 Å². The molecule has 0 unspecified atom stereocenters. The fourth-order valence-electron chi connectivity index (χ4n) is 0.884. The Morgan fingerprint density at radius 2 is 2.20 bits per heavy atom. The van der Waals surface area contributed by atoms with Crippen molar-refractivity contribution in [3.05, 3.63) is 29.1 Å². The summed E-state index contributed by atoms with van der Waals surface area (Å²) in [5.74, 6) is 0. The first-order chi connectivity index (χ1) is 4.74. The highest BCUT2D eigenvalue weighted by molar-refractivity contribution is 5.22. The molecule has 54 valence electrons. The van der Waals surface area contributed by atoms with Crippen LogP contribution in [0.3, 0.4) is 0 Å². The zero-order valence-corrected chi connectivity index (χ0v) is 6.19. The minimum absolute atomic E-state index is 0.466. The van der Waals surface area contributed by atoms with Crippen molar-refractivity contribution in [2.24, 2.45) is 0 Å². The Kier molecular flexibility index (Phi) is 2.00. The van der Waals surface area contributed by atoms with Crippen LogP contribution in [0.5, 0.6) is 0 Å². The lowest BCUT2D eigenvalue weighted by Crippen LogP contribution is -1.90. The molecule has 0 saturated carbocycles. The van der Waals surface area contributed by atoms with E-state index in [9.17, 15) is 4.39 Å². The fourth-order valence-corrected chi connectivity index (χ4v) is 0.884. The summed E-state index contributed by atoms with van der Waals surface area (Å²) in [4.78, 5) is 3.92. The topological polar surface area (TPSA) is 12.9 Å². The summed E-state index contributed by atoms with van der Waals surface area (Å²) >= 11 is 0. The number of aromatic nitrogens is 1. The summed E-state index contributed by atoms with van der Waals surface area (Å²) in [6.45, 7) is 3.35. The molecule has 0 amide bonds. The first kappa shape index (κ1) is 7.19. The first-order valence-electron chi connectivity index (χ1n) is 3.22. The molecule has 0 aliphatic carbocycles. The third-order valence-corrected chi connectivity index (χ3v) is 1.45. The number of pyridine rings is 1. The van der Waals surface area contributed by atoms with E-state index in [1.54, 1.807) is 6.20 Å². The van der Waals surface area contributed by atoms with Gasteiger partial charge in [0.25, 0.3) is 0 Å². The third kappa shape index (κ3) is 1.32. The van der Waals surface area contributed by atoms with E-state index in [2.05, 4.69) is 4.98 Å². The van der Waals surface area contributed by atoms with Crippen molar-refractivity contribution < 1.29 is 4.39 Å². The highest BCUT2D eigenvalue weighted by Crippen LogP contribution is 2.07. The van der Waals surface area contributed by atoms with Crippen molar-refractivity contribution >= 4 is 0 Å². The molecule has 0 bridgehead atoms. The van der Waals surface area contributed by atoms with Crippen LogP contribution in [0.4, 0.5) is 4.39 Å². The van der Waals surface area contributed by atoms with E-state index in [0.29, 0.717) is 5.69 Å². The minimum atomic E-state index is -0.466. The average molecular weight is 139 g/mol. The number of rotatable bonds is 1. The van der Waals surface area contributed by atoms with Gasteiger partial charge in [0.05, 0.1) is 5.69 Å². The number of nitrogens with zero attached hydrogens (tertiary/aromatic N) is 1. The predicted molar refractivity (Wildman–Crippen MR) is 38.5 cm³/mol. The lowest BCUT2D eigenvalue weighted by atomic mass is 10.2. The zero-order valence-electron chi connectivity index (χ0n) is 6.19. The van der Waals surface area contributed by atoms with Crippen LogP contribution in [0.2, 0.25) is 0 Å². The molecule has 1 aromatic rings. The second-order valence-electron chi connectivity index (χ2n) is 2.41. The SMILES string of the molecule is Cc1cnc(CF)c(C)c1. The van der Waals surface area contributed by atoms with E-state index in [-0.39, 0.29) is 0 Å². The van der Waals surface area contributed by atoms with Crippen LogP contribution in [0.15, 0.2) is 12.3 Å². The second-order valence-corrected chi connectivity index (χ2v) is 2.41. The molecular formula is C8H10FN. The maximum Gasteiger partial charge on any atom is 0.132 e. The molecule has 0 fully saturated rings. The third-order valence-electron chi connectivity index (χ3n) is 1.45. The minimum Gasteiger partial charge on any atom is -0.258 e. The molecule has 0 spiro atoms. The van der Waals surface area contributed by atoms with Crippen LogP contribution in [-0.2, 0) is 6.67 Å². The summed E-state index contributed by atoms with van der Waals surface area (Å²) < 4.78 is 12.1. The maximum absolute atomic E-state index is 12.1. The van der Waals surface area contributed by atoms with Gasteiger partial charge < -0.3 is 0 Å². The number of aryl methyl sites for hydroxylation is 2. The van der Waals surface area contributed by atoms with Crippen molar-refractivity contribution in [1.82, 2.24) is 4.98 Å². The number of hydrogen-bond donors (Lipinski definition) is 0. The molecule has 10 heavy (non-hydrogen) atoms. The second kappa shape index (κ2) is 2.78. The molecule has 0 saturated heterocycles. The van der Waals surface area contributed by atoms with E-state index >= 15 is 0 Å². The number of halogens is 1. The van der Waals surface area contributed by atoms with Gasteiger partial charge in [0.15, 0.2) is 0 Å². The van der Waals surface area contributed by atoms with Crippen molar-refractivity contribution in [3.63, 3.8) is 0 Å². The summed E-state index contributed by atoms with van der Waals surface area (Å²) in [5, 5.41) is 0. The van der Waals surface area contributed by atoms with Crippen LogP contribution in [-0.4, -0.2) is 4.98 Å². The fraction of sp³-hybridized carbons (Fsp3) is 0.375. The van der Waals surface area contributed by atoms with E-state index in [0.717, 1.165) is 11.1 Å². The van der Waals surface area contributed by atoms with Gasteiger partial charge in [0, 0.05) is 6.20 Å². The van der Waals surface area contributed by atoms with Gasteiger partial charge in [-0.1, -0.05) is 6.07 Å². The lowest BCUT2D eigenvalue weighted by molar-refractivity contribution is 0.474. The van der Waals surface area contributed by atoms with Crippen LogP contribution in [0, 0.1) is 13.8 Å². The van der Waals surface area contributed by atoms with Gasteiger partial charge in [0.2, 0.25) is 0 Å². The van der Waals surface area contributed by atoms with E-state index in [4.69, 9.17) is 0 Å². The molecule has 0 aromatic carbocycles. The van der Waals surface area contributed by atoms with Crippen LogP contribution in [0.25, 0.3) is 0 Å².